The third-order valence-corrected chi connectivity index (χ3v) is 4.06. The zero-order valence-electron chi connectivity index (χ0n) is 12.9. The number of nitrogens with zero attached hydrogens (tertiary/aromatic N) is 1. The molecule has 0 aromatic rings. The largest absolute Gasteiger partial charge is 0.478 e. The molecule has 0 aromatic carbocycles. The number of amides is 3. The topological polar surface area (TPSA) is 86.7 Å². The van der Waals surface area contributed by atoms with Gasteiger partial charge in [-0.05, 0) is 33.6 Å². The zero-order chi connectivity index (χ0) is 16.0. The van der Waals surface area contributed by atoms with Crippen molar-refractivity contribution in [2.45, 2.75) is 58.9 Å². The monoisotopic (exact) mass is 296 g/mol. The van der Waals surface area contributed by atoms with Crippen molar-refractivity contribution in [3.8, 4) is 0 Å². The van der Waals surface area contributed by atoms with Gasteiger partial charge in [0.15, 0.2) is 0 Å². The molecule has 2 N–H and O–H groups in total. The number of carbonyl (C=O) groups is 3. The molecular weight excluding hydrogens is 272 g/mol. The molecule has 1 aliphatic rings. The summed E-state index contributed by atoms with van der Waals surface area (Å²) in [4.78, 5) is 36.6. The standard InChI is InChI=1S/C15H24N2O4/c1-4-17(12-8-6-5-7-9-12)15(21)16-13(18)10(2)11(3)14(19)20/h12H,4-9H2,1-3H3,(H,19,20)(H,16,18,21). The molecule has 0 unspecified atom stereocenters. The van der Waals surface area contributed by atoms with Gasteiger partial charge in [-0.1, -0.05) is 19.3 Å². The van der Waals surface area contributed by atoms with Gasteiger partial charge in [-0.3, -0.25) is 10.1 Å². The lowest BCUT2D eigenvalue weighted by Crippen LogP contribution is -2.48. The lowest BCUT2D eigenvalue weighted by molar-refractivity contribution is -0.133. The van der Waals surface area contributed by atoms with E-state index in [4.69, 9.17) is 5.11 Å². The van der Waals surface area contributed by atoms with E-state index in [0.29, 0.717) is 6.54 Å². The van der Waals surface area contributed by atoms with E-state index in [1.165, 1.54) is 20.3 Å². The lowest BCUT2D eigenvalue weighted by Gasteiger charge is -2.33. The zero-order valence-corrected chi connectivity index (χ0v) is 12.9. The molecule has 0 atom stereocenters. The summed E-state index contributed by atoms with van der Waals surface area (Å²) in [5.41, 5.74) is -0.00318. The summed E-state index contributed by atoms with van der Waals surface area (Å²) in [5, 5.41) is 11.2. The van der Waals surface area contributed by atoms with Crippen LogP contribution in [0.15, 0.2) is 11.1 Å². The highest BCUT2D eigenvalue weighted by molar-refractivity contribution is 6.07. The SMILES string of the molecule is CCN(C(=O)NC(=O)C(C)=C(C)C(=O)O)C1CCCCC1. The van der Waals surface area contributed by atoms with Gasteiger partial charge >= 0.3 is 12.0 Å². The number of rotatable bonds is 4. The predicted octanol–water partition coefficient (Wildman–Crippen LogP) is 2.30. The van der Waals surface area contributed by atoms with Crippen molar-refractivity contribution in [2.24, 2.45) is 0 Å². The maximum absolute atomic E-state index is 12.2. The van der Waals surface area contributed by atoms with Crippen molar-refractivity contribution in [3.63, 3.8) is 0 Å². The first-order valence-corrected chi connectivity index (χ1v) is 7.41. The average molecular weight is 296 g/mol. The summed E-state index contributed by atoms with van der Waals surface area (Å²) < 4.78 is 0. The van der Waals surface area contributed by atoms with Crippen LogP contribution in [-0.4, -0.2) is 40.5 Å². The highest BCUT2D eigenvalue weighted by Crippen LogP contribution is 2.22. The Morgan fingerprint density at radius 1 is 1.10 bits per heavy atom. The molecule has 0 aromatic heterocycles. The molecule has 0 radical (unpaired) electrons. The van der Waals surface area contributed by atoms with Crippen LogP contribution in [0.5, 0.6) is 0 Å². The van der Waals surface area contributed by atoms with Gasteiger partial charge in [-0.2, -0.15) is 0 Å². The van der Waals surface area contributed by atoms with Crippen molar-refractivity contribution >= 4 is 17.9 Å². The Kier molecular flexibility index (Phi) is 6.39. The van der Waals surface area contributed by atoms with Gasteiger partial charge in [-0.15, -0.1) is 0 Å². The minimum absolute atomic E-state index is 0.0514. The summed E-state index contributed by atoms with van der Waals surface area (Å²) in [6, 6.07) is -0.270. The van der Waals surface area contributed by atoms with E-state index in [9.17, 15) is 14.4 Å². The van der Waals surface area contributed by atoms with Crippen molar-refractivity contribution < 1.29 is 19.5 Å². The highest BCUT2D eigenvalue weighted by atomic mass is 16.4. The Labute approximate surface area is 125 Å². The first-order chi connectivity index (χ1) is 9.88. The number of imide groups is 1. The third kappa shape index (κ3) is 4.58. The van der Waals surface area contributed by atoms with Crippen LogP contribution >= 0.6 is 0 Å². The summed E-state index contributed by atoms with van der Waals surface area (Å²) in [7, 11) is 0. The van der Waals surface area contributed by atoms with E-state index in [-0.39, 0.29) is 17.2 Å². The van der Waals surface area contributed by atoms with Crippen molar-refractivity contribution in [1.82, 2.24) is 10.2 Å². The molecular formula is C15H24N2O4. The minimum Gasteiger partial charge on any atom is -0.478 e. The molecule has 1 fully saturated rings. The number of carboxylic acid groups (broad SMARTS) is 1. The molecule has 0 aliphatic heterocycles. The van der Waals surface area contributed by atoms with Crippen LogP contribution in [0.1, 0.15) is 52.9 Å². The van der Waals surface area contributed by atoms with Gasteiger partial charge in [0.1, 0.15) is 0 Å². The van der Waals surface area contributed by atoms with Gasteiger partial charge in [0.25, 0.3) is 5.91 Å². The molecule has 1 aliphatic carbocycles. The molecule has 0 heterocycles. The lowest BCUT2D eigenvalue weighted by atomic mass is 9.94. The first-order valence-electron chi connectivity index (χ1n) is 7.41. The summed E-state index contributed by atoms with van der Waals surface area (Å²) in [5.74, 6) is -1.80. The number of hydrogen-bond acceptors (Lipinski definition) is 3. The number of nitrogens with one attached hydrogen (secondary N) is 1. The normalized spacial score (nSPS) is 16.9. The van der Waals surface area contributed by atoms with E-state index in [1.807, 2.05) is 6.92 Å². The molecule has 118 valence electrons. The van der Waals surface area contributed by atoms with Gasteiger partial charge < -0.3 is 10.0 Å². The molecule has 1 saturated carbocycles. The Morgan fingerprint density at radius 3 is 2.14 bits per heavy atom. The van der Waals surface area contributed by atoms with E-state index in [1.54, 1.807) is 4.90 Å². The number of aliphatic carboxylic acids is 1. The fourth-order valence-electron chi connectivity index (χ4n) is 2.55. The molecule has 6 nitrogen and oxygen atoms in total. The molecule has 6 heteroatoms. The van der Waals surface area contributed by atoms with Crippen molar-refractivity contribution in [3.05, 3.63) is 11.1 Å². The van der Waals surface area contributed by atoms with Gasteiger partial charge in [0.2, 0.25) is 0 Å². The quantitative estimate of drug-likeness (QED) is 0.779. The maximum Gasteiger partial charge on any atom is 0.331 e. The third-order valence-electron chi connectivity index (χ3n) is 4.06. The number of hydrogen-bond donors (Lipinski definition) is 2. The number of carbonyl (C=O) groups excluding carboxylic acids is 2. The summed E-state index contributed by atoms with van der Waals surface area (Å²) in [6.45, 7) is 5.16. The van der Waals surface area contributed by atoms with Crippen molar-refractivity contribution in [2.75, 3.05) is 6.54 Å². The van der Waals surface area contributed by atoms with Crippen LogP contribution < -0.4 is 5.32 Å². The number of urea groups is 1. The van der Waals surface area contributed by atoms with E-state index in [0.717, 1.165) is 25.7 Å². The van der Waals surface area contributed by atoms with Crippen LogP contribution in [0, 0.1) is 0 Å². The minimum atomic E-state index is -1.16. The first kappa shape index (κ1) is 17.2. The van der Waals surface area contributed by atoms with E-state index >= 15 is 0 Å². The van der Waals surface area contributed by atoms with Crippen LogP contribution in [0.2, 0.25) is 0 Å². The Bertz CT molecular complexity index is 451. The Balaban J connectivity index is 2.71. The molecule has 3 amide bonds. The summed E-state index contributed by atoms with van der Waals surface area (Å²) >= 11 is 0. The van der Waals surface area contributed by atoms with Crippen LogP contribution in [0.4, 0.5) is 4.79 Å². The average Bonchev–Trinajstić information content (AvgIpc) is 2.47. The Hall–Kier alpha value is -1.85. The predicted molar refractivity (Wildman–Crippen MR) is 78.8 cm³/mol. The maximum atomic E-state index is 12.2. The molecule has 1 rings (SSSR count). The van der Waals surface area contributed by atoms with Crippen LogP contribution in [-0.2, 0) is 9.59 Å². The Morgan fingerprint density at radius 2 is 1.67 bits per heavy atom. The molecule has 0 spiro atoms. The van der Waals surface area contributed by atoms with Crippen LogP contribution in [0.3, 0.4) is 0 Å². The van der Waals surface area contributed by atoms with Gasteiger partial charge in [0, 0.05) is 23.7 Å². The van der Waals surface area contributed by atoms with E-state index < -0.39 is 17.9 Å². The van der Waals surface area contributed by atoms with Crippen molar-refractivity contribution in [1.29, 1.82) is 0 Å². The van der Waals surface area contributed by atoms with Crippen LogP contribution in [0.25, 0.3) is 0 Å². The fraction of sp³-hybridized carbons (Fsp3) is 0.667. The number of carboxylic acids is 1. The molecule has 0 bridgehead atoms. The second kappa shape index (κ2) is 7.81. The van der Waals surface area contributed by atoms with Gasteiger partial charge in [-0.25, -0.2) is 9.59 Å². The summed E-state index contributed by atoms with van der Waals surface area (Å²) in [6.07, 6.45) is 5.30. The fourth-order valence-corrected chi connectivity index (χ4v) is 2.55. The molecule has 21 heavy (non-hydrogen) atoms. The molecule has 0 saturated heterocycles. The second-order valence-electron chi connectivity index (χ2n) is 5.39. The highest BCUT2D eigenvalue weighted by Gasteiger charge is 2.26. The van der Waals surface area contributed by atoms with E-state index in [2.05, 4.69) is 5.32 Å². The smallest absolute Gasteiger partial charge is 0.331 e. The second-order valence-corrected chi connectivity index (χ2v) is 5.39. The van der Waals surface area contributed by atoms with Gasteiger partial charge in [0.05, 0.1) is 0 Å².